The Bertz CT molecular complexity index is 1190. The van der Waals surface area contributed by atoms with Gasteiger partial charge in [0.15, 0.2) is 0 Å². The fraction of sp³-hybridized carbons (Fsp3) is 0.136. The predicted octanol–water partition coefficient (Wildman–Crippen LogP) is 4.36. The lowest BCUT2D eigenvalue weighted by molar-refractivity contribution is 0.102. The number of benzene rings is 3. The van der Waals surface area contributed by atoms with Crippen LogP contribution in [0.25, 0.3) is 0 Å². The van der Waals surface area contributed by atoms with Gasteiger partial charge in [-0.05, 0) is 85.1 Å². The van der Waals surface area contributed by atoms with E-state index in [1.165, 1.54) is 40.7 Å². The first kappa shape index (κ1) is 20.0. The summed E-state index contributed by atoms with van der Waals surface area (Å²) in [5.41, 5.74) is 2.15. The minimum atomic E-state index is -3.83. The summed E-state index contributed by atoms with van der Waals surface area (Å²) in [6.45, 7) is 0.313. The molecule has 0 spiro atoms. The van der Waals surface area contributed by atoms with Gasteiger partial charge in [0.25, 0.3) is 15.9 Å². The van der Waals surface area contributed by atoms with E-state index in [2.05, 4.69) is 5.32 Å². The highest BCUT2D eigenvalue weighted by atomic mass is 32.2. The first-order chi connectivity index (χ1) is 14.3. The molecular weight excluding hydrogens is 410 g/mol. The van der Waals surface area contributed by atoms with Crippen LogP contribution < -0.4 is 9.62 Å². The maximum atomic E-state index is 13.2. The van der Waals surface area contributed by atoms with E-state index in [4.69, 9.17) is 0 Å². The second-order valence-corrected chi connectivity index (χ2v) is 8.80. The summed E-state index contributed by atoms with van der Waals surface area (Å²) in [4.78, 5) is 12.4. The number of nitrogens with one attached hydrogen (secondary N) is 1. The molecule has 3 aromatic rings. The molecule has 1 N–H and O–H groups in total. The molecule has 1 aliphatic rings. The summed E-state index contributed by atoms with van der Waals surface area (Å²) >= 11 is 0. The Morgan fingerprint density at radius 2 is 1.53 bits per heavy atom. The van der Waals surface area contributed by atoms with Crippen LogP contribution in [0.15, 0.2) is 71.6 Å². The van der Waals surface area contributed by atoms with Gasteiger partial charge >= 0.3 is 0 Å². The number of hydrogen-bond acceptors (Lipinski definition) is 3. The van der Waals surface area contributed by atoms with Crippen molar-refractivity contribution in [3.63, 3.8) is 0 Å². The van der Waals surface area contributed by atoms with E-state index in [0.717, 1.165) is 17.7 Å². The van der Waals surface area contributed by atoms with E-state index in [1.54, 1.807) is 18.2 Å². The molecule has 0 fully saturated rings. The summed E-state index contributed by atoms with van der Waals surface area (Å²) in [5, 5.41) is 2.75. The van der Waals surface area contributed by atoms with Crippen LogP contribution in [-0.2, 0) is 16.4 Å². The van der Waals surface area contributed by atoms with E-state index >= 15 is 0 Å². The minimum Gasteiger partial charge on any atom is -0.322 e. The third kappa shape index (κ3) is 3.91. The number of aryl methyl sites for hydroxylation is 1. The van der Waals surface area contributed by atoms with Crippen molar-refractivity contribution < 1.29 is 22.0 Å². The molecule has 0 aliphatic carbocycles. The standard InChI is InChI=1S/C22H18F2N2O3S/c23-17-5-3-15(4-6-17)22(27)25-19-9-12-21-16(14-19)2-1-13-26(21)30(28,29)20-10-7-18(24)8-11-20/h3-12,14H,1-2,13H2,(H,25,27). The van der Waals surface area contributed by atoms with Gasteiger partial charge in [0.1, 0.15) is 11.6 Å². The summed E-state index contributed by atoms with van der Waals surface area (Å²) in [6.07, 6.45) is 1.27. The Balaban J connectivity index is 1.60. The van der Waals surface area contributed by atoms with Gasteiger partial charge < -0.3 is 5.32 Å². The van der Waals surface area contributed by atoms with Crippen LogP contribution in [-0.4, -0.2) is 20.9 Å². The SMILES string of the molecule is O=C(Nc1ccc2c(c1)CCCN2S(=O)(=O)c1ccc(F)cc1)c1ccc(F)cc1. The van der Waals surface area contributed by atoms with E-state index < -0.39 is 21.7 Å². The first-order valence-corrected chi connectivity index (χ1v) is 10.8. The zero-order chi connectivity index (χ0) is 21.3. The number of sulfonamides is 1. The Kier molecular flexibility index (Phi) is 5.26. The van der Waals surface area contributed by atoms with Crippen molar-refractivity contribution in [1.82, 2.24) is 0 Å². The van der Waals surface area contributed by atoms with Crippen LogP contribution in [0, 0.1) is 11.6 Å². The third-order valence-corrected chi connectivity index (χ3v) is 6.75. The van der Waals surface area contributed by atoms with Crippen LogP contribution in [0.1, 0.15) is 22.3 Å². The number of carbonyl (C=O) groups excluding carboxylic acids is 1. The molecule has 4 rings (SSSR count). The second kappa shape index (κ2) is 7.87. The van der Waals surface area contributed by atoms with Crippen molar-refractivity contribution in [1.29, 1.82) is 0 Å². The van der Waals surface area contributed by atoms with Crippen molar-refractivity contribution in [2.24, 2.45) is 0 Å². The minimum absolute atomic E-state index is 0.0189. The van der Waals surface area contributed by atoms with Crippen LogP contribution in [0.5, 0.6) is 0 Å². The van der Waals surface area contributed by atoms with Crippen LogP contribution >= 0.6 is 0 Å². The molecule has 1 heterocycles. The van der Waals surface area contributed by atoms with Gasteiger partial charge in [0.05, 0.1) is 10.6 Å². The molecule has 0 atom stereocenters. The topological polar surface area (TPSA) is 66.5 Å². The molecule has 1 amide bonds. The van der Waals surface area contributed by atoms with Crippen molar-refractivity contribution in [2.45, 2.75) is 17.7 Å². The normalized spacial score (nSPS) is 13.6. The fourth-order valence-electron chi connectivity index (χ4n) is 3.43. The lowest BCUT2D eigenvalue weighted by Crippen LogP contribution is -2.35. The Hall–Kier alpha value is -3.26. The molecule has 0 bridgehead atoms. The van der Waals surface area contributed by atoms with Gasteiger partial charge in [-0.15, -0.1) is 0 Å². The molecule has 0 saturated carbocycles. The molecule has 0 unspecified atom stereocenters. The highest BCUT2D eigenvalue weighted by molar-refractivity contribution is 7.92. The predicted molar refractivity (Wildman–Crippen MR) is 110 cm³/mol. The Morgan fingerprint density at radius 3 is 2.20 bits per heavy atom. The average Bonchev–Trinajstić information content (AvgIpc) is 2.74. The zero-order valence-electron chi connectivity index (χ0n) is 15.8. The lowest BCUT2D eigenvalue weighted by atomic mass is 10.0. The highest BCUT2D eigenvalue weighted by Gasteiger charge is 2.29. The Morgan fingerprint density at radius 1 is 0.900 bits per heavy atom. The van der Waals surface area contributed by atoms with Gasteiger partial charge in [-0.1, -0.05) is 0 Å². The van der Waals surface area contributed by atoms with Crippen LogP contribution in [0.4, 0.5) is 20.2 Å². The van der Waals surface area contributed by atoms with Crippen LogP contribution in [0.3, 0.4) is 0 Å². The van der Waals surface area contributed by atoms with Crippen molar-refractivity contribution in [3.8, 4) is 0 Å². The fourth-order valence-corrected chi connectivity index (χ4v) is 4.97. The summed E-state index contributed by atoms with van der Waals surface area (Å²) < 4.78 is 53.6. The summed E-state index contributed by atoms with van der Waals surface area (Å²) in [6, 6.07) is 14.9. The number of carbonyl (C=O) groups is 1. The Labute approximate surface area is 173 Å². The summed E-state index contributed by atoms with van der Waals surface area (Å²) in [7, 11) is -3.83. The smallest absolute Gasteiger partial charge is 0.264 e. The van der Waals surface area contributed by atoms with Gasteiger partial charge in [-0.3, -0.25) is 9.10 Å². The molecule has 30 heavy (non-hydrogen) atoms. The monoisotopic (exact) mass is 428 g/mol. The van der Waals surface area contributed by atoms with Crippen LogP contribution in [0.2, 0.25) is 0 Å². The van der Waals surface area contributed by atoms with E-state index in [-0.39, 0.29) is 10.8 Å². The van der Waals surface area contributed by atoms with Gasteiger partial charge in [0, 0.05) is 17.8 Å². The molecule has 8 heteroatoms. The second-order valence-electron chi connectivity index (χ2n) is 6.94. The maximum Gasteiger partial charge on any atom is 0.264 e. The molecule has 0 radical (unpaired) electrons. The lowest BCUT2D eigenvalue weighted by Gasteiger charge is -2.31. The number of nitrogens with zero attached hydrogens (tertiary/aromatic N) is 1. The van der Waals surface area contributed by atoms with Crippen molar-refractivity contribution in [2.75, 3.05) is 16.2 Å². The van der Waals surface area contributed by atoms with E-state index in [0.29, 0.717) is 36.3 Å². The van der Waals surface area contributed by atoms with Crippen molar-refractivity contribution in [3.05, 3.63) is 89.5 Å². The van der Waals surface area contributed by atoms with E-state index in [1.807, 2.05) is 0 Å². The third-order valence-electron chi connectivity index (χ3n) is 4.92. The largest absolute Gasteiger partial charge is 0.322 e. The van der Waals surface area contributed by atoms with Crippen molar-refractivity contribution >= 4 is 27.3 Å². The molecule has 0 saturated heterocycles. The number of hydrogen-bond donors (Lipinski definition) is 1. The number of fused-ring (bicyclic) bond motifs is 1. The number of amides is 1. The number of halogens is 2. The highest BCUT2D eigenvalue weighted by Crippen LogP contribution is 2.34. The summed E-state index contributed by atoms with van der Waals surface area (Å²) in [5.74, 6) is -1.32. The quantitative estimate of drug-likeness (QED) is 0.672. The van der Waals surface area contributed by atoms with Gasteiger partial charge in [-0.25, -0.2) is 17.2 Å². The maximum absolute atomic E-state index is 13.2. The molecule has 0 aromatic heterocycles. The molecular formula is C22H18F2N2O3S. The van der Waals surface area contributed by atoms with Gasteiger partial charge in [0.2, 0.25) is 0 Å². The van der Waals surface area contributed by atoms with E-state index in [9.17, 15) is 22.0 Å². The molecule has 3 aromatic carbocycles. The molecule has 154 valence electrons. The molecule has 5 nitrogen and oxygen atoms in total. The number of rotatable bonds is 4. The average molecular weight is 428 g/mol. The number of anilines is 2. The molecule has 1 aliphatic heterocycles. The first-order valence-electron chi connectivity index (χ1n) is 9.33. The van der Waals surface area contributed by atoms with Gasteiger partial charge in [-0.2, -0.15) is 0 Å². The zero-order valence-corrected chi connectivity index (χ0v) is 16.6.